The fourth-order valence-electron chi connectivity index (χ4n) is 4.49. The Bertz CT molecular complexity index is 1300. The maximum atomic E-state index is 13.4. The van der Waals surface area contributed by atoms with Crippen LogP contribution in [0.15, 0.2) is 71.5 Å². The SMILES string of the molecule is CCOc1ccc2c(c1)CN(C(=O)Cn1c3ccccc3c(=O)c3ccccc31)CC2. The standard InChI is InChI=1S/C26H24N2O3/c1-2-31-20-12-11-18-13-14-27(16-19(18)15-20)25(29)17-28-23-9-5-3-7-21(23)26(30)22-8-4-6-10-24(22)28/h3-12,15H,2,13-14,16-17H2,1H3. The van der Waals surface area contributed by atoms with Crippen molar-refractivity contribution in [2.75, 3.05) is 13.2 Å². The minimum absolute atomic E-state index is 0.00486. The van der Waals surface area contributed by atoms with Crippen molar-refractivity contribution in [3.8, 4) is 5.75 Å². The first-order valence-electron chi connectivity index (χ1n) is 10.7. The second kappa shape index (κ2) is 7.91. The molecule has 1 aliphatic heterocycles. The van der Waals surface area contributed by atoms with Crippen molar-refractivity contribution in [2.45, 2.75) is 26.4 Å². The van der Waals surface area contributed by atoms with Gasteiger partial charge in [0.2, 0.25) is 5.91 Å². The van der Waals surface area contributed by atoms with Crippen LogP contribution in [0.4, 0.5) is 0 Å². The Labute approximate surface area is 180 Å². The highest BCUT2D eigenvalue weighted by atomic mass is 16.5. The third-order valence-corrected chi connectivity index (χ3v) is 6.03. The normalized spacial score (nSPS) is 13.4. The summed E-state index contributed by atoms with van der Waals surface area (Å²) in [5.74, 6) is 0.888. The molecule has 0 saturated heterocycles. The zero-order chi connectivity index (χ0) is 21.4. The van der Waals surface area contributed by atoms with Gasteiger partial charge in [-0.1, -0.05) is 30.3 Å². The zero-order valence-electron chi connectivity index (χ0n) is 17.5. The number of hydrogen-bond donors (Lipinski definition) is 0. The molecule has 4 aromatic rings. The predicted octanol–water partition coefficient (Wildman–Crippen LogP) is 4.14. The molecule has 5 heteroatoms. The fraction of sp³-hybridized carbons (Fsp3) is 0.231. The molecule has 3 aromatic carbocycles. The molecule has 5 nitrogen and oxygen atoms in total. The average Bonchev–Trinajstić information content (AvgIpc) is 2.81. The summed E-state index contributed by atoms with van der Waals surface area (Å²) in [6.07, 6.45) is 0.832. The van der Waals surface area contributed by atoms with Crippen LogP contribution in [-0.2, 0) is 24.3 Å². The van der Waals surface area contributed by atoms with Gasteiger partial charge in [-0.2, -0.15) is 0 Å². The number of nitrogens with zero attached hydrogens (tertiary/aromatic N) is 2. The van der Waals surface area contributed by atoms with Gasteiger partial charge in [0.15, 0.2) is 5.43 Å². The molecule has 0 spiro atoms. The fourth-order valence-corrected chi connectivity index (χ4v) is 4.49. The van der Waals surface area contributed by atoms with Crippen LogP contribution in [0.5, 0.6) is 5.75 Å². The van der Waals surface area contributed by atoms with E-state index in [0.29, 0.717) is 30.5 Å². The quantitative estimate of drug-likeness (QED) is 0.474. The monoisotopic (exact) mass is 412 g/mol. The second-order valence-corrected chi connectivity index (χ2v) is 7.88. The Kier molecular flexibility index (Phi) is 4.94. The third-order valence-electron chi connectivity index (χ3n) is 6.03. The largest absolute Gasteiger partial charge is 0.494 e. The van der Waals surface area contributed by atoms with E-state index in [1.54, 1.807) is 0 Å². The zero-order valence-corrected chi connectivity index (χ0v) is 17.5. The minimum atomic E-state index is 0.00486. The van der Waals surface area contributed by atoms with E-state index in [9.17, 15) is 9.59 Å². The Morgan fingerprint density at radius 1 is 0.935 bits per heavy atom. The molecular weight excluding hydrogens is 388 g/mol. The first-order chi connectivity index (χ1) is 15.2. The highest BCUT2D eigenvalue weighted by Crippen LogP contribution is 2.25. The first-order valence-corrected chi connectivity index (χ1v) is 10.7. The molecule has 0 radical (unpaired) electrons. The highest BCUT2D eigenvalue weighted by Gasteiger charge is 2.22. The number of rotatable bonds is 4. The maximum Gasteiger partial charge on any atom is 0.242 e. The molecule has 156 valence electrons. The van der Waals surface area contributed by atoms with E-state index in [2.05, 4.69) is 6.07 Å². The summed E-state index contributed by atoms with van der Waals surface area (Å²) in [5, 5.41) is 1.28. The van der Waals surface area contributed by atoms with Crippen LogP contribution in [0, 0.1) is 0 Å². The lowest BCUT2D eigenvalue weighted by molar-refractivity contribution is -0.132. The molecule has 0 saturated carbocycles. The van der Waals surface area contributed by atoms with Gasteiger partial charge in [0.1, 0.15) is 12.3 Å². The number of para-hydroxylation sites is 2. The van der Waals surface area contributed by atoms with Crippen molar-refractivity contribution in [3.63, 3.8) is 0 Å². The highest BCUT2D eigenvalue weighted by molar-refractivity contribution is 5.94. The molecule has 0 N–H and O–H groups in total. The molecule has 0 fully saturated rings. The topological polar surface area (TPSA) is 51.5 Å². The lowest BCUT2D eigenvalue weighted by Gasteiger charge is -2.30. The molecule has 1 aromatic heterocycles. The van der Waals surface area contributed by atoms with Gasteiger partial charge in [-0.25, -0.2) is 0 Å². The van der Waals surface area contributed by atoms with E-state index in [1.807, 2.05) is 77.1 Å². The Balaban J connectivity index is 1.50. The van der Waals surface area contributed by atoms with E-state index in [-0.39, 0.29) is 17.9 Å². The van der Waals surface area contributed by atoms with Crippen molar-refractivity contribution in [3.05, 3.63) is 88.1 Å². The number of aromatic nitrogens is 1. The van der Waals surface area contributed by atoms with Crippen molar-refractivity contribution < 1.29 is 9.53 Å². The molecular formula is C26H24N2O3. The maximum absolute atomic E-state index is 13.4. The van der Waals surface area contributed by atoms with Crippen LogP contribution >= 0.6 is 0 Å². The lowest BCUT2D eigenvalue weighted by Crippen LogP contribution is -2.38. The van der Waals surface area contributed by atoms with Crippen molar-refractivity contribution >= 4 is 27.7 Å². The smallest absolute Gasteiger partial charge is 0.242 e. The Morgan fingerprint density at radius 2 is 1.61 bits per heavy atom. The molecule has 1 amide bonds. The van der Waals surface area contributed by atoms with Gasteiger partial charge < -0.3 is 14.2 Å². The summed E-state index contributed by atoms with van der Waals surface area (Å²) >= 11 is 0. The number of hydrogen-bond acceptors (Lipinski definition) is 3. The molecule has 0 aliphatic carbocycles. The number of pyridine rings is 1. The summed E-state index contributed by atoms with van der Waals surface area (Å²) in [5.41, 5.74) is 3.99. The number of fused-ring (bicyclic) bond motifs is 3. The van der Waals surface area contributed by atoms with Gasteiger partial charge in [-0.05, 0) is 60.9 Å². The van der Waals surface area contributed by atoms with E-state index in [0.717, 1.165) is 28.8 Å². The van der Waals surface area contributed by atoms with Crippen LogP contribution in [0.1, 0.15) is 18.1 Å². The van der Waals surface area contributed by atoms with Crippen LogP contribution < -0.4 is 10.2 Å². The summed E-state index contributed by atoms with van der Waals surface area (Å²) in [6.45, 7) is 4.05. The molecule has 31 heavy (non-hydrogen) atoms. The summed E-state index contributed by atoms with van der Waals surface area (Å²) < 4.78 is 7.61. The van der Waals surface area contributed by atoms with Crippen LogP contribution in [-0.4, -0.2) is 28.5 Å². The van der Waals surface area contributed by atoms with Crippen LogP contribution in [0.3, 0.4) is 0 Å². The molecule has 1 aliphatic rings. The molecule has 0 unspecified atom stereocenters. The number of ether oxygens (including phenoxy) is 1. The lowest BCUT2D eigenvalue weighted by atomic mass is 9.99. The van der Waals surface area contributed by atoms with Gasteiger partial charge in [-0.3, -0.25) is 9.59 Å². The van der Waals surface area contributed by atoms with E-state index < -0.39 is 0 Å². The van der Waals surface area contributed by atoms with Crippen LogP contribution in [0.25, 0.3) is 21.8 Å². The second-order valence-electron chi connectivity index (χ2n) is 7.88. The third kappa shape index (κ3) is 3.46. The molecule has 5 rings (SSSR count). The molecule has 2 heterocycles. The first kappa shape index (κ1) is 19.4. The van der Waals surface area contributed by atoms with Crippen molar-refractivity contribution in [2.24, 2.45) is 0 Å². The van der Waals surface area contributed by atoms with Gasteiger partial charge >= 0.3 is 0 Å². The van der Waals surface area contributed by atoms with E-state index in [4.69, 9.17) is 4.74 Å². The van der Waals surface area contributed by atoms with E-state index >= 15 is 0 Å². The minimum Gasteiger partial charge on any atom is -0.494 e. The van der Waals surface area contributed by atoms with Gasteiger partial charge in [0.25, 0.3) is 0 Å². The molecule has 0 bridgehead atoms. The number of benzene rings is 3. The number of carbonyl (C=O) groups is 1. The summed E-state index contributed by atoms with van der Waals surface area (Å²) in [7, 11) is 0. The summed E-state index contributed by atoms with van der Waals surface area (Å²) in [6, 6.07) is 21.2. The van der Waals surface area contributed by atoms with E-state index in [1.165, 1.54) is 5.56 Å². The Hall–Kier alpha value is -3.60. The molecule has 0 atom stereocenters. The van der Waals surface area contributed by atoms with Gasteiger partial charge in [0.05, 0.1) is 17.6 Å². The average molecular weight is 412 g/mol. The van der Waals surface area contributed by atoms with Gasteiger partial charge in [0, 0.05) is 23.9 Å². The van der Waals surface area contributed by atoms with Gasteiger partial charge in [-0.15, -0.1) is 0 Å². The number of amides is 1. The van der Waals surface area contributed by atoms with Crippen molar-refractivity contribution in [1.29, 1.82) is 0 Å². The number of carbonyl (C=O) groups excluding carboxylic acids is 1. The van der Waals surface area contributed by atoms with Crippen molar-refractivity contribution in [1.82, 2.24) is 9.47 Å². The van der Waals surface area contributed by atoms with Crippen LogP contribution in [0.2, 0.25) is 0 Å². The summed E-state index contributed by atoms with van der Waals surface area (Å²) in [4.78, 5) is 28.2. The Morgan fingerprint density at radius 3 is 2.29 bits per heavy atom. The predicted molar refractivity (Wildman–Crippen MR) is 122 cm³/mol.